The fourth-order valence-corrected chi connectivity index (χ4v) is 2.86. The van der Waals surface area contributed by atoms with Crippen molar-refractivity contribution in [3.63, 3.8) is 0 Å². The van der Waals surface area contributed by atoms with Gasteiger partial charge >= 0.3 is 0 Å². The first kappa shape index (κ1) is 12.9. The van der Waals surface area contributed by atoms with Crippen LogP contribution < -0.4 is 4.74 Å². The van der Waals surface area contributed by atoms with Crippen LogP contribution in [0.4, 0.5) is 0 Å². The highest BCUT2D eigenvalue weighted by molar-refractivity contribution is 7.13. The summed E-state index contributed by atoms with van der Waals surface area (Å²) >= 11 is 1.71. The summed E-state index contributed by atoms with van der Waals surface area (Å²) in [6.45, 7) is 2.03. The number of aromatic nitrogens is 1. The second-order valence-corrected chi connectivity index (χ2v) is 5.54. The second kappa shape index (κ2) is 5.47. The van der Waals surface area contributed by atoms with Gasteiger partial charge in [-0.25, -0.2) is 0 Å². The van der Waals surface area contributed by atoms with Gasteiger partial charge in [0.25, 0.3) is 0 Å². The van der Waals surface area contributed by atoms with Crippen LogP contribution in [-0.2, 0) is 0 Å². The standard InChI is InChI=1S/C17H15NOS/c1-12-10-14(13-5-7-15(19-2)8-6-13)11-16(18-12)17-4-3-9-20-17/h3-11H,1-2H3. The number of nitrogens with zero attached hydrogens (tertiary/aromatic N) is 1. The van der Waals surface area contributed by atoms with E-state index in [1.165, 1.54) is 16.0 Å². The van der Waals surface area contributed by atoms with Crippen LogP contribution in [0.1, 0.15) is 5.69 Å². The van der Waals surface area contributed by atoms with Gasteiger partial charge in [-0.3, -0.25) is 4.98 Å². The monoisotopic (exact) mass is 281 g/mol. The maximum atomic E-state index is 5.20. The van der Waals surface area contributed by atoms with Crippen LogP contribution in [0, 0.1) is 6.92 Å². The SMILES string of the molecule is COc1ccc(-c2cc(C)nc(-c3cccs3)c2)cc1. The van der Waals surface area contributed by atoms with Crippen LogP contribution in [0.2, 0.25) is 0 Å². The summed E-state index contributed by atoms with van der Waals surface area (Å²) in [4.78, 5) is 5.82. The summed E-state index contributed by atoms with van der Waals surface area (Å²) in [7, 11) is 1.68. The molecule has 1 aromatic carbocycles. The first-order valence-electron chi connectivity index (χ1n) is 6.43. The first-order valence-corrected chi connectivity index (χ1v) is 7.31. The highest BCUT2D eigenvalue weighted by Gasteiger charge is 2.06. The molecule has 0 saturated carbocycles. The Kier molecular flexibility index (Phi) is 3.52. The van der Waals surface area contributed by atoms with Gasteiger partial charge in [0.2, 0.25) is 0 Å². The van der Waals surface area contributed by atoms with E-state index in [9.17, 15) is 0 Å². The average molecular weight is 281 g/mol. The van der Waals surface area contributed by atoms with Crippen molar-refractivity contribution in [2.45, 2.75) is 6.92 Å². The molecule has 0 N–H and O–H groups in total. The average Bonchev–Trinajstić information content (AvgIpc) is 3.01. The molecule has 0 saturated heterocycles. The zero-order chi connectivity index (χ0) is 13.9. The Bertz CT molecular complexity index is 702. The molecule has 0 amide bonds. The van der Waals surface area contributed by atoms with Crippen molar-refractivity contribution in [3.8, 4) is 27.4 Å². The minimum atomic E-state index is 0.873. The van der Waals surface area contributed by atoms with E-state index < -0.39 is 0 Å². The molecule has 0 spiro atoms. The van der Waals surface area contributed by atoms with Gasteiger partial charge in [0.15, 0.2) is 0 Å². The van der Waals surface area contributed by atoms with E-state index >= 15 is 0 Å². The lowest BCUT2D eigenvalue weighted by atomic mass is 10.0. The van der Waals surface area contributed by atoms with E-state index in [2.05, 4.69) is 46.8 Å². The third-order valence-corrected chi connectivity index (χ3v) is 4.04. The van der Waals surface area contributed by atoms with Crippen LogP contribution in [0.5, 0.6) is 5.75 Å². The van der Waals surface area contributed by atoms with Crippen molar-refractivity contribution >= 4 is 11.3 Å². The molecule has 2 aromatic heterocycles. The number of ether oxygens (including phenoxy) is 1. The number of pyridine rings is 1. The van der Waals surface area contributed by atoms with Gasteiger partial charge in [-0.05, 0) is 53.8 Å². The molecule has 0 fully saturated rings. The molecule has 0 radical (unpaired) electrons. The lowest BCUT2D eigenvalue weighted by molar-refractivity contribution is 0.415. The van der Waals surface area contributed by atoms with Crippen molar-refractivity contribution in [3.05, 3.63) is 59.6 Å². The number of benzene rings is 1. The number of aryl methyl sites for hydroxylation is 1. The Hall–Kier alpha value is -2.13. The van der Waals surface area contributed by atoms with Gasteiger partial charge in [0.1, 0.15) is 5.75 Å². The van der Waals surface area contributed by atoms with E-state index in [-0.39, 0.29) is 0 Å². The lowest BCUT2D eigenvalue weighted by Crippen LogP contribution is -1.88. The summed E-state index contributed by atoms with van der Waals surface area (Å²) in [5.41, 5.74) is 4.42. The molecule has 2 heterocycles. The van der Waals surface area contributed by atoms with Gasteiger partial charge in [0, 0.05) is 5.69 Å². The van der Waals surface area contributed by atoms with Crippen molar-refractivity contribution < 1.29 is 4.74 Å². The molecule has 2 nitrogen and oxygen atoms in total. The van der Waals surface area contributed by atoms with Crippen molar-refractivity contribution in [2.75, 3.05) is 7.11 Å². The van der Waals surface area contributed by atoms with Gasteiger partial charge in [0.05, 0.1) is 17.7 Å². The number of hydrogen-bond donors (Lipinski definition) is 0. The van der Waals surface area contributed by atoms with Gasteiger partial charge in [-0.1, -0.05) is 18.2 Å². The van der Waals surface area contributed by atoms with Gasteiger partial charge in [-0.2, -0.15) is 0 Å². The number of rotatable bonds is 3. The van der Waals surface area contributed by atoms with E-state index in [1.807, 2.05) is 19.1 Å². The summed E-state index contributed by atoms with van der Waals surface area (Å²) in [5.74, 6) is 0.873. The zero-order valence-corrected chi connectivity index (χ0v) is 12.3. The van der Waals surface area contributed by atoms with Crippen molar-refractivity contribution in [1.82, 2.24) is 4.98 Å². The predicted octanol–water partition coefficient (Wildman–Crippen LogP) is 4.79. The molecule has 3 rings (SSSR count). The third kappa shape index (κ3) is 2.58. The number of thiophene rings is 1. The largest absolute Gasteiger partial charge is 0.497 e. The molecule has 0 atom stereocenters. The molecule has 3 aromatic rings. The lowest BCUT2D eigenvalue weighted by Gasteiger charge is -2.07. The van der Waals surface area contributed by atoms with E-state index in [1.54, 1.807) is 18.4 Å². The molecule has 0 bridgehead atoms. The van der Waals surface area contributed by atoms with Crippen LogP contribution in [0.25, 0.3) is 21.7 Å². The highest BCUT2D eigenvalue weighted by atomic mass is 32.1. The first-order chi connectivity index (χ1) is 9.76. The highest BCUT2D eigenvalue weighted by Crippen LogP contribution is 2.29. The molecule has 0 unspecified atom stereocenters. The summed E-state index contributed by atoms with van der Waals surface area (Å²) in [6.07, 6.45) is 0. The number of methoxy groups -OCH3 is 1. The van der Waals surface area contributed by atoms with E-state index in [0.29, 0.717) is 0 Å². The summed E-state index contributed by atoms with van der Waals surface area (Å²) in [5, 5.41) is 2.08. The summed E-state index contributed by atoms with van der Waals surface area (Å²) in [6, 6.07) is 16.5. The zero-order valence-electron chi connectivity index (χ0n) is 11.5. The fraction of sp³-hybridized carbons (Fsp3) is 0.118. The molecule has 0 aliphatic heterocycles. The van der Waals surface area contributed by atoms with E-state index in [4.69, 9.17) is 4.74 Å². The quantitative estimate of drug-likeness (QED) is 0.688. The van der Waals surface area contributed by atoms with Crippen LogP contribution in [-0.4, -0.2) is 12.1 Å². The molecule has 0 aliphatic carbocycles. The van der Waals surface area contributed by atoms with Crippen molar-refractivity contribution in [2.24, 2.45) is 0 Å². The molecular formula is C17H15NOS. The minimum absolute atomic E-state index is 0.873. The molecule has 0 aliphatic rings. The Balaban J connectivity index is 2.04. The number of hydrogen-bond acceptors (Lipinski definition) is 3. The Morgan fingerprint density at radius 3 is 2.45 bits per heavy atom. The Morgan fingerprint density at radius 1 is 1.00 bits per heavy atom. The Morgan fingerprint density at radius 2 is 1.80 bits per heavy atom. The topological polar surface area (TPSA) is 22.1 Å². The maximum absolute atomic E-state index is 5.20. The predicted molar refractivity (Wildman–Crippen MR) is 84.3 cm³/mol. The molecular weight excluding hydrogens is 266 g/mol. The summed E-state index contributed by atoms with van der Waals surface area (Å²) < 4.78 is 5.20. The van der Waals surface area contributed by atoms with Gasteiger partial charge < -0.3 is 4.74 Å². The fourth-order valence-electron chi connectivity index (χ4n) is 2.17. The van der Waals surface area contributed by atoms with E-state index in [0.717, 1.165) is 17.1 Å². The molecule has 20 heavy (non-hydrogen) atoms. The van der Waals surface area contributed by atoms with Crippen LogP contribution in [0.15, 0.2) is 53.9 Å². The third-order valence-electron chi connectivity index (χ3n) is 3.15. The van der Waals surface area contributed by atoms with Crippen molar-refractivity contribution in [1.29, 1.82) is 0 Å². The normalized spacial score (nSPS) is 10.5. The smallest absolute Gasteiger partial charge is 0.118 e. The Labute approximate surface area is 122 Å². The van der Waals surface area contributed by atoms with Gasteiger partial charge in [-0.15, -0.1) is 11.3 Å². The van der Waals surface area contributed by atoms with Crippen LogP contribution >= 0.6 is 11.3 Å². The second-order valence-electron chi connectivity index (χ2n) is 4.59. The minimum Gasteiger partial charge on any atom is -0.497 e. The maximum Gasteiger partial charge on any atom is 0.118 e. The molecule has 3 heteroatoms. The molecule has 100 valence electrons. The van der Waals surface area contributed by atoms with Crippen LogP contribution in [0.3, 0.4) is 0 Å².